The highest BCUT2D eigenvalue weighted by molar-refractivity contribution is 5.91. The maximum absolute atomic E-state index is 11.3. The molecule has 0 aliphatic rings. The topological polar surface area (TPSA) is 114 Å². The molecule has 0 atom stereocenters. The second-order valence-electron chi connectivity index (χ2n) is 4.86. The van der Waals surface area contributed by atoms with Crippen LogP contribution in [-0.4, -0.2) is 37.7 Å². The molecule has 0 bridgehead atoms. The number of anilines is 1. The first-order valence-electron chi connectivity index (χ1n) is 6.60. The summed E-state index contributed by atoms with van der Waals surface area (Å²) in [6, 6.07) is 0. The minimum absolute atomic E-state index is 0.0296. The second-order valence-corrected chi connectivity index (χ2v) is 4.86. The van der Waals surface area contributed by atoms with E-state index in [0.29, 0.717) is 36.2 Å². The maximum Gasteiger partial charge on any atom is 0.356 e. The van der Waals surface area contributed by atoms with E-state index >= 15 is 0 Å². The third kappa shape index (κ3) is 3.74. The molecule has 21 heavy (non-hydrogen) atoms. The zero-order chi connectivity index (χ0) is 15.4. The van der Waals surface area contributed by atoms with Crippen LogP contribution in [0.4, 0.5) is 5.69 Å². The van der Waals surface area contributed by atoms with Gasteiger partial charge in [-0.15, -0.1) is 0 Å². The summed E-state index contributed by atoms with van der Waals surface area (Å²) in [6.07, 6.45) is 2.01. The van der Waals surface area contributed by atoms with Crippen molar-refractivity contribution >= 4 is 11.7 Å². The number of aryl methyl sites for hydroxylation is 1. The minimum Gasteiger partial charge on any atom is -0.476 e. The molecule has 2 N–H and O–H groups in total. The molecule has 0 radical (unpaired) electrons. The summed E-state index contributed by atoms with van der Waals surface area (Å²) in [5, 5.41) is 16.0. The van der Waals surface area contributed by atoms with Crippen molar-refractivity contribution in [2.75, 3.05) is 11.9 Å². The zero-order valence-corrected chi connectivity index (χ0v) is 12.1. The summed E-state index contributed by atoms with van der Waals surface area (Å²) in [4.78, 5) is 23.6. The number of hydrogen-bond acceptors (Lipinski definition) is 7. The third-order valence-electron chi connectivity index (χ3n) is 2.76. The average Bonchev–Trinajstić information content (AvgIpc) is 2.84. The van der Waals surface area contributed by atoms with Crippen LogP contribution in [0.25, 0.3) is 0 Å². The Morgan fingerprint density at radius 1 is 1.43 bits per heavy atom. The van der Waals surface area contributed by atoms with Gasteiger partial charge in [0.15, 0.2) is 11.5 Å². The van der Waals surface area contributed by atoms with Gasteiger partial charge in [-0.2, -0.15) is 4.98 Å². The van der Waals surface area contributed by atoms with Crippen molar-refractivity contribution in [2.45, 2.75) is 33.1 Å². The molecule has 112 valence electrons. The molecule has 0 unspecified atom stereocenters. The van der Waals surface area contributed by atoms with E-state index in [1.165, 1.54) is 6.20 Å². The van der Waals surface area contributed by atoms with Gasteiger partial charge in [-0.05, 0) is 0 Å². The van der Waals surface area contributed by atoms with Gasteiger partial charge in [-0.25, -0.2) is 14.8 Å². The average molecular weight is 291 g/mol. The van der Waals surface area contributed by atoms with Crippen LogP contribution in [0.1, 0.15) is 47.8 Å². The molecule has 0 fully saturated rings. The molecule has 0 aromatic carbocycles. The van der Waals surface area contributed by atoms with Crippen molar-refractivity contribution in [3.05, 3.63) is 29.4 Å². The van der Waals surface area contributed by atoms with E-state index in [4.69, 9.17) is 4.52 Å². The minimum atomic E-state index is -1.09. The van der Waals surface area contributed by atoms with Gasteiger partial charge >= 0.3 is 5.97 Å². The molecule has 0 saturated heterocycles. The highest BCUT2D eigenvalue weighted by Gasteiger charge is 2.15. The number of carboxylic acid groups (broad SMARTS) is 1. The molecule has 0 saturated carbocycles. The fourth-order valence-electron chi connectivity index (χ4n) is 1.72. The lowest BCUT2D eigenvalue weighted by atomic mass is 10.2. The molecule has 2 aromatic rings. The Bertz CT molecular complexity index is 638. The summed E-state index contributed by atoms with van der Waals surface area (Å²) in [7, 11) is 0. The quantitative estimate of drug-likeness (QED) is 0.825. The Morgan fingerprint density at radius 2 is 2.19 bits per heavy atom. The lowest BCUT2D eigenvalue weighted by Crippen LogP contribution is -2.14. The Balaban J connectivity index is 2.06. The third-order valence-corrected chi connectivity index (χ3v) is 2.76. The van der Waals surface area contributed by atoms with Gasteiger partial charge in [0.25, 0.3) is 0 Å². The van der Waals surface area contributed by atoms with E-state index in [1.807, 2.05) is 13.8 Å². The number of aromatic nitrogens is 4. The second kappa shape index (κ2) is 6.29. The first-order valence-corrected chi connectivity index (χ1v) is 6.60. The molecule has 8 heteroatoms. The zero-order valence-electron chi connectivity index (χ0n) is 12.1. The van der Waals surface area contributed by atoms with Crippen molar-refractivity contribution in [1.82, 2.24) is 20.1 Å². The first kappa shape index (κ1) is 14.9. The number of rotatable bonds is 6. The van der Waals surface area contributed by atoms with Gasteiger partial charge < -0.3 is 14.9 Å². The Labute approximate surface area is 121 Å². The maximum atomic E-state index is 11.3. The van der Waals surface area contributed by atoms with E-state index in [0.717, 1.165) is 0 Å². The predicted octanol–water partition coefficient (Wildman–Crippen LogP) is 1.64. The van der Waals surface area contributed by atoms with E-state index in [1.54, 1.807) is 6.92 Å². The SMILES string of the molecule is Cc1nc(CCNc2cnc(C(C)C)nc2C(=O)O)no1. The fraction of sp³-hybridized carbons (Fsp3) is 0.462. The van der Waals surface area contributed by atoms with E-state index < -0.39 is 5.97 Å². The fourth-order valence-corrected chi connectivity index (χ4v) is 1.72. The van der Waals surface area contributed by atoms with Gasteiger partial charge in [-0.3, -0.25) is 0 Å². The van der Waals surface area contributed by atoms with Gasteiger partial charge in [-0.1, -0.05) is 19.0 Å². The molecule has 2 aromatic heterocycles. The molecule has 0 spiro atoms. The van der Waals surface area contributed by atoms with Crippen LogP contribution in [0.2, 0.25) is 0 Å². The van der Waals surface area contributed by atoms with E-state index in [9.17, 15) is 9.90 Å². The largest absolute Gasteiger partial charge is 0.476 e. The van der Waals surface area contributed by atoms with Crippen LogP contribution in [0, 0.1) is 6.92 Å². The molecule has 0 aliphatic carbocycles. The van der Waals surface area contributed by atoms with Crippen LogP contribution in [0.5, 0.6) is 0 Å². The Hall–Kier alpha value is -2.51. The monoisotopic (exact) mass is 291 g/mol. The summed E-state index contributed by atoms with van der Waals surface area (Å²) in [5.74, 6) is 0.556. The van der Waals surface area contributed by atoms with Crippen molar-refractivity contribution in [2.24, 2.45) is 0 Å². The van der Waals surface area contributed by atoms with E-state index in [2.05, 4.69) is 25.4 Å². The van der Waals surface area contributed by atoms with E-state index in [-0.39, 0.29) is 11.6 Å². The Morgan fingerprint density at radius 3 is 2.76 bits per heavy atom. The van der Waals surface area contributed by atoms with Crippen molar-refractivity contribution < 1.29 is 14.4 Å². The van der Waals surface area contributed by atoms with Gasteiger partial charge in [0, 0.05) is 25.8 Å². The molecule has 2 heterocycles. The molecule has 0 amide bonds. The smallest absolute Gasteiger partial charge is 0.356 e. The lowest BCUT2D eigenvalue weighted by molar-refractivity contribution is 0.0691. The van der Waals surface area contributed by atoms with Crippen LogP contribution in [-0.2, 0) is 6.42 Å². The van der Waals surface area contributed by atoms with Crippen LogP contribution in [0.15, 0.2) is 10.7 Å². The highest BCUT2D eigenvalue weighted by atomic mass is 16.5. The Kier molecular flexibility index (Phi) is 4.46. The van der Waals surface area contributed by atoms with Gasteiger partial charge in [0.1, 0.15) is 5.82 Å². The lowest BCUT2D eigenvalue weighted by Gasteiger charge is -2.10. The molecule has 8 nitrogen and oxygen atoms in total. The summed E-state index contributed by atoms with van der Waals surface area (Å²) >= 11 is 0. The first-order chi connectivity index (χ1) is 9.97. The molecular weight excluding hydrogens is 274 g/mol. The number of nitrogens with one attached hydrogen (secondary N) is 1. The van der Waals surface area contributed by atoms with Gasteiger partial charge in [0.2, 0.25) is 5.89 Å². The predicted molar refractivity (Wildman–Crippen MR) is 74.3 cm³/mol. The van der Waals surface area contributed by atoms with Crippen LogP contribution in [0.3, 0.4) is 0 Å². The highest BCUT2D eigenvalue weighted by Crippen LogP contribution is 2.16. The number of aromatic carboxylic acids is 1. The van der Waals surface area contributed by atoms with Crippen molar-refractivity contribution in [1.29, 1.82) is 0 Å². The summed E-state index contributed by atoms with van der Waals surface area (Å²) in [6.45, 7) is 5.99. The molecule has 0 aliphatic heterocycles. The molecular formula is C13H17N5O3. The normalized spacial score (nSPS) is 10.9. The van der Waals surface area contributed by atoms with Crippen LogP contribution < -0.4 is 5.32 Å². The van der Waals surface area contributed by atoms with Crippen molar-refractivity contribution in [3.8, 4) is 0 Å². The summed E-state index contributed by atoms with van der Waals surface area (Å²) in [5.41, 5.74) is 0.352. The number of hydrogen-bond donors (Lipinski definition) is 2. The number of nitrogens with zero attached hydrogens (tertiary/aromatic N) is 4. The standard InChI is InChI=1S/C13H17N5O3/c1-7(2)12-15-6-9(11(17-12)13(19)20)14-5-4-10-16-8(3)21-18-10/h6-7,14H,4-5H2,1-3H3,(H,19,20). The number of carbonyl (C=O) groups is 1. The van der Waals surface area contributed by atoms with Crippen molar-refractivity contribution in [3.63, 3.8) is 0 Å². The van der Waals surface area contributed by atoms with Crippen LogP contribution >= 0.6 is 0 Å². The summed E-state index contributed by atoms with van der Waals surface area (Å²) < 4.78 is 4.86. The van der Waals surface area contributed by atoms with Gasteiger partial charge in [0.05, 0.1) is 11.9 Å². The number of carboxylic acids is 1. The molecule has 2 rings (SSSR count).